The first-order valence-corrected chi connectivity index (χ1v) is 9.13. The van der Waals surface area contributed by atoms with Crippen molar-refractivity contribution in [2.24, 2.45) is 0 Å². The minimum Gasteiger partial charge on any atom is -0.434 e. The molecule has 0 saturated carbocycles. The van der Waals surface area contributed by atoms with Gasteiger partial charge in [-0.05, 0) is 52.3 Å². The summed E-state index contributed by atoms with van der Waals surface area (Å²) in [5, 5.41) is 1.30. The monoisotopic (exact) mass is 373 g/mol. The van der Waals surface area contributed by atoms with E-state index in [4.69, 9.17) is 4.52 Å². The van der Waals surface area contributed by atoms with Gasteiger partial charge in [0.1, 0.15) is 4.60 Å². The minimum absolute atomic E-state index is 0.457. The van der Waals surface area contributed by atoms with Crippen LogP contribution in [-0.4, -0.2) is 4.98 Å². The molecular weight excluding hydrogens is 361 g/mol. The first kappa shape index (κ1) is 15.0. The van der Waals surface area contributed by atoms with E-state index < -0.39 is 7.37 Å². The molecule has 0 aliphatic carbocycles. The first-order chi connectivity index (χ1) is 10.7. The largest absolute Gasteiger partial charge is 0.434 e. The Kier molecular flexibility index (Phi) is 4.41. The van der Waals surface area contributed by atoms with Crippen molar-refractivity contribution in [2.45, 2.75) is 0 Å². The Hall–Kier alpha value is -1.90. The smallest absolute Gasteiger partial charge is 0.306 e. The van der Waals surface area contributed by atoms with Gasteiger partial charge in [-0.1, -0.05) is 36.4 Å². The van der Waals surface area contributed by atoms with Crippen molar-refractivity contribution < 1.29 is 9.09 Å². The lowest BCUT2D eigenvalue weighted by atomic mass is 10.4. The van der Waals surface area contributed by atoms with Crippen LogP contribution >= 0.6 is 23.3 Å². The Bertz CT molecular complexity index is 766. The highest BCUT2D eigenvalue weighted by Crippen LogP contribution is 2.46. The number of pyridine rings is 1. The third kappa shape index (κ3) is 2.99. The van der Waals surface area contributed by atoms with Gasteiger partial charge < -0.3 is 4.52 Å². The summed E-state index contributed by atoms with van der Waals surface area (Å²) >= 11 is 3.34. The number of rotatable bonds is 4. The van der Waals surface area contributed by atoms with Crippen molar-refractivity contribution in [3.63, 3.8) is 0 Å². The fraction of sp³-hybridized carbons (Fsp3) is 0. The highest BCUT2D eigenvalue weighted by atomic mass is 79.9. The predicted octanol–water partition coefficient (Wildman–Crippen LogP) is 4.15. The molecule has 0 unspecified atom stereocenters. The van der Waals surface area contributed by atoms with Crippen molar-refractivity contribution in [3.05, 3.63) is 83.6 Å². The molecule has 0 aliphatic heterocycles. The molecule has 0 N–H and O–H groups in total. The van der Waals surface area contributed by atoms with Gasteiger partial charge in [0, 0.05) is 6.20 Å². The molecule has 0 aliphatic rings. The molecule has 22 heavy (non-hydrogen) atoms. The zero-order valence-corrected chi connectivity index (χ0v) is 14.1. The summed E-state index contributed by atoms with van der Waals surface area (Å²) in [6, 6.07) is 22.0. The molecule has 0 atom stereocenters. The normalized spacial score (nSPS) is 11.1. The van der Waals surface area contributed by atoms with Crippen molar-refractivity contribution in [2.75, 3.05) is 0 Å². The number of benzene rings is 2. The van der Waals surface area contributed by atoms with Gasteiger partial charge in [-0.2, -0.15) is 0 Å². The summed E-state index contributed by atoms with van der Waals surface area (Å²) in [5.41, 5.74) is 0. The van der Waals surface area contributed by atoms with Gasteiger partial charge >= 0.3 is 7.37 Å². The molecule has 3 nitrogen and oxygen atoms in total. The van der Waals surface area contributed by atoms with E-state index >= 15 is 0 Å². The van der Waals surface area contributed by atoms with Gasteiger partial charge in [-0.3, -0.25) is 4.57 Å². The van der Waals surface area contributed by atoms with Crippen LogP contribution in [0.4, 0.5) is 0 Å². The lowest BCUT2D eigenvalue weighted by Crippen LogP contribution is -2.20. The van der Waals surface area contributed by atoms with E-state index in [1.165, 1.54) is 0 Å². The highest BCUT2D eigenvalue weighted by Gasteiger charge is 2.30. The van der Waals surface area contributed by atoms with Gasteiger partial charge in [0.25, 0.3) is 0 Å². The van der Waals surface area contributed by atoms with E-state index in [-0.39, 0.29) is 0 Å². The van der Waals surface area contributed by atoms with Crippen LogP contribution in [0.25, 0.3) is 0 Å². The summed E-state index contributed by atoms with van der Waals surface area (Å²) in [7, 11) is -3.24. The third-order valence-corrected chi connectivity index (χ3v) is 6.15. The van der Waals surface area contributed by atoms with Gasteiger partial charge in [0.15, 0.2) is 5.75 Å². The second kappa shape index (κ2) is 6.47. The Morgan fingerprint density at radius 1 is 0.818 bits per heavy atom. The van der Waals surface area contributed by atoms with Crippen LogP contribution in [0, 0.1) is 0 Å². The minimum atomic E-state index is -3.24. The Balaban J connectivity index is 2.13. The number of hydrogen-bond donors (Lipinski definition) is 0. The molecule has 1 heterocycles. The molecule has 110 valence electrons. The molecular formula is C17H13BrNO2P. The maximum Gasteiger partial charge on any atom is 0.306 e. The molecule has 0 fully saturated rings. The van der Waals surface area contributed by atoms with Crippen molar-refractivity contribution in [1.82, 2.24) is 4.98 Å². The summed E-state index contributed by atoms with van der Waals surface area (Å²) in [5.74, 6) is 0.457. The topological polar surface area (TPSA) is 39.2 Å². The van der Waals surface area contributed by atoms with Crippen LogP contribution in [-0.2, 0) is 4.57 Å². The Morgan fingerprint density at radius 2 is 1.36 bits per heavy atom. The fourth-order valence-corrected chi connectivity index (χ4v) is 4.60. The SMILES string of the molecule is O=P(Oc1cccnc1Br)(c1ccccc1)c1ccccc1. The second-order valence-corrected chi connectivity index (χ2v) is 7.68. The number of hydrogen-bond acceptors (Lipinski definition) is 3. The molecule has 0 radical (unpaired) electrons. The van der Waals surface area contributed by atoms with Crippen LogP contribution in [0.15, 0.2) is 83.6 Å². The standard InChI is InChI=1S/C17H13BrNO2P/c18-17-16(12-7-13-19-17)21-22(20,14-8-3-1-4-9-14)15-10-5-2-6-11-15/h1-13H. The fourth-order valence-electron chi connectivity index (χ4n) is 2.08. The zero-order chi connectivity index (χ0) is 15.4. The Labute approximate surface area is 137 Å². The molecule has 2 aromatic carbocycles. The summed E-state index contributed by atoms with van der Waals surface area (Å²) in [6.07, 6.45) is 1.65. The maximum atomic E-state index is 13.7. The Morgan fingerprint density at radius 3 is 1.86 bits per heavy atom. The lowest BCUT2D eigenvalue weighted by molar-refractivity contribution is 0.500. The molecule has 3 rings (SSSR count). The molecule has 5 heteroatoms. The average molecular weight is 374 g/mol. The quantitative estimate of drug-likeness (QED) is 0.509. The van der Waals surface area contributed by atoms with Crippen LogP contribution in [0.1, 0.15) is 0 Å². The summed E-state index contributed by atoms with van der Waals surface area (Å²) < 4.78 is 20.1. The number of aromatic nitrogens is 1. The van der Waals surface area contributed by atoms with Crippen LogP contribution in [0.3, 0.4) is 0 Å². The molecule has 0 spiro atoms. The van der Waals surface area contributed by atoms with Crippen LogP contribution in [0.5, 0.6) is 5.75 Å². The van der Waals surface area contributed by atoms with Crippen LogP contribution < -0.4 is 15.1 Å². The number of halogens is 1. The predicted molar refractivity (Wildman–Crippen MR) is 92.3 cm³/mol. The number of nitrogens with zero attached hydrogens (tertiary/aromatic N) is 1. The van der Waals surface area contributed by atoms with Crippen molar-refractivity contribution in [3.8, 4) is 5.75 Å². The van der Waals surface area contributed by atoms with Crippen molar-refractivity contribution in [1.29, 1.82) is 0 Å². The van der Waals surface area contributed by atoms with Gasteiger partial charge in [0.2, 0.25) is 0 Å². The van der Waals surface area contributed by atoms with E-state index in [9.17, 15) is 4.57 Å². The van der Waals surface area contributed by atoms with Gasteiger partial charge in [0.05, 0.1) is 10.6 Å². The zero-order valence-electron chi connectivity index (χ0n) is 11.6. The molecule has 0 bridgehead atoms. The molecule has 0 saturated heterocycles. The molecule has 0 amide bonds. The maximum absolute atomic E-state index is 13.7. The van der Waals surface area contributed by atoms with E-state index in [1.54, 1.807) is 18.3 Å². The van der Waals surface area contributed by atoms with E-state index in [0.717, 1.165) is 0 Å². The molecule has 3 aromatic rings. The van der Waals surface area contributed by atoms with Gasteiger partial charge in [-0.25, -0.2) is 4.98 Å². The average Bonchev–Trinajstić information content (AvgIpc) is 2.58. The van der Waals surface area contributed by atoms with Crippen LogP contribution in [0.2, 0.25) is 0 Å². The molecule has 1 aromatic heterocycles. The highest BCUT2D eigenvalue weighted by molar-refractivity contribution is 9.10. The van der Waals surface area contributed by atoms with Gasteiger partial charge in [-0.15, -0.1) is 0 Å². The second-order valence-electron chi connectivity index (χ2n) is 4.61. The van der Waals surface area contributed by atoms with E-state index in [1.807, 2.05) is 60.7 Å². The van der Waals surface area contributed by atoms with E-state index in [0.29, 0.717) is 21.0 Å². The summed E-state index contributed by atoms with van der Waals surface area (Å²) in [4.78, 5) is 4.12. The van der Waals surface area contributed by atoms with Crippen molar-refractivity contribution >= 4 is 33.9 Å². The van der Waals surface area contributed by atoms with E-state index in [2.05, 4.69) is 20.9 Å². The summed E-state index contributed by atoms with van der Waals surface area (Å²) in [6.45, 7) is 0. The first-order valence-electron chi connectivity index (χ1n) is 6.71. The lowest BCUT2D eigenvalue weighted by Gasteiger charge is -2.20. The third-order valence-electron chi connectivity index (χ3n) is 3.14.